The van der Waals surface area contributed by atoms with Gasteiger partial charge in [-0.15, -0.1) is 0 Å². The highest BCUT2D eigenvalue weighted by Crippen LogP contribution is 2.44. The third-order valence-electron chi connectivity index (χ3n) is 7.57. The van der Waals surface area contributed by atoms with Crippen molar-refractivity contribution in [3.8, 4) is 16.9 Å². The van der Waals surface area contributed by atoms with Crippen LogP contribution < -0.4 is 4.74 Å². The minimum atomic E-state index is -1.06. The highest BCUT2D eigenvalue weighted by molar-refractivity contribution is 5.90. The molecule has 0 radical (unpaired) electrons. The largest absolute Gasteiger partial charge is 0.488 e. The Morgan fingerprint density at radius 2 is 1.56 bits per heavy atom. The molecular formula is C32H30O7. The lowest BCUT2D eigenvalue weighted by Crippen LogP contribution is -2.36. The van der Waals surface area contributed by atoms with Crippen LogP contribution in [0, 0.1) is 11.8 Å². The zero-order valence-electron chi connectivity index (χ0n) is 21.4. The number of carbonyl (C=O) groups excluding carboxylic acids is 2. The van der Waals surface area contributed by atoms with Gasteiger partial charge in [0.05, 0.1) is 25.2 Å². The second-order valence-electron chi connectivity index (χ2n) is 10.1. The summed E-state index contributed by atoms with van der Waals surface area (Å²) in [5.41, 5.74) is 2.58. The van der Waals surface area contributed by atoms with Crippen molar-refractivity contribution < 1.29 is 33.3 Å². The number of hydrogen-bond acceptors (Lipinski definition) is 7. The molecule has 6 rings (SSSR count). The van der Waals surface area contributed by atoms with Crippen LogP contribution in [0.1, 0.15) is 23.2 Å². The Bertz CT molecular complexity index is 1310. The fourth-order valence-corrected chi connectivity index (χ4v) is 5.58. The second-order valence-corrected chi connectivity index (χ2v) is 10.1. The van der Waals surface area contributed by atoms with E-state index in [1.807, 2.05) is 84.9 Å². The fourth-order valence-electron chi connectivity index (χ4n) is 5.58. The first kappa shape index (κ1) is 25.3. The van der Waals surface area contributed by atoms with Crippen molar-refractivity contribution >= 4 is 11.9 Å². The highest BCUT2D eigenvalue weighted by Gasteiger charge is 2.51. The van der Waals surface area contributed by atoms with Crippen LogP contribution in [0.4, 0.5) is 0 Å². The van der Waals surface area contributed by atoms with Crippen LogP contribution in [0.5, 0.6) is 5.75 Å². The summed E-state index contributed by atoms with van der Waals surface area (Å²) in [6.45, 7) is 1.05. The van der Waals surface area contributed by atoms with E-state index >= 15 is 0 Å². The summed E-state index contributed by atoms with van der Waals surface area (Å²) in [6, 6.07) is 26.8. The molecule has 7 heteroatoms. The first-order valence-electron chi connectivity index (χ1n) is 13.3. The molecule has 200 valence electrons. The molecule has 0 N–H and O–H groups in total. The van der Waals surface area contributed by atoms with Crippen LogP contribution in [-0.4, -0.2) is 49.8 Å². The van der Waals surface area contributed by atoms with Crippen LogP contribution in [0.25, 0.3) is 11.1 Å². The van der Waals surface area contributed by atoms with E-state index in [4.69, 9.17) is 23.7 Å². The van der Waals surface area contributed by atoms with Gasteiger partial charge >= 0.3 is 11.9 Å². The molecule has 0 aromatic heterocycles. The van der Waals surface area contributed by atoms with E-state index in [1.54, 1.807) is 12.1 Å². The van der Waals surface area contributed by atoms with Crippen molar-refractivity contribution in [2.45, 2.75) is 30.8 Å². The Balaban J connectivity index is 1.17. The summed E-state index contributed by atoms with van der Waals surface area (Å²) >= 11 is 0. The quantitative estimate of drug-likeness (QED) is 0.295. The first-order chi connectivity index (χ1) is 19.1. The molecular weight excluding hydrogens is 496 g/mol. The van der Waals surface area contributed by atoms with Gasteiger partial charge in [0.25, 0.3) is 0 Å². The van der Waals surface area contributed by atoms with Gasteiger partial charge in [-0.2, -0.15) is 0 Å². The third kappa shape index (κ3) is 5.60. The summed E-state index contributed by atoms with van der Waals surface area (Å²) in [7, 11) is 0. The van der Waals surface area contributed by atoms with Crippen LogP contribution in [0.2, 0.25) is 0 Å². The number of para-hydroxylation sites is 1. The molecule has 2 heterocycles. The minimum absolute atomic E-state index is 0.0829. The van der Waals surface area contributed by atoms with Gasteiger partial charge in [-0.05, 0) is 41.5 Å². The van der Waals surface area contributed by atoms with Crippen molar-refractivity contribution in [1.82, 2.24) is 0 Å². The van der Waals surface area contributed by atoms with Gasteiger partial charge in [0.15, 0.2) is 0 Å². The van der Waals surface area contributed by atoms with Crippen LogP contribution >= 0.6 is 0 Å². The molecule has 2 saturated heterocycles. The molecule has 2 aliphatic heterocycles. The molecule has 0 bridgehead atoms. The number of benzene rings is 3. The lowest BCUT2D eigenvalue weighted by atomic mass is 9.91. The molecule has 3 aliphatic rings. The number of esters is 2. The zero-order chi connectivity index (χ0) is 26.7. The predicted octanol–water partition coefficient (Wildman–Crippen LogP) is 5.21. The summed E-state index contributed by atoms with van der Waals surface area (Å²) in [6.07, 6.45) is 3.80. The van der Waals surface area contributed by atoms with Crippen LogP contribution in [0.15, 0.2) is 97.1 Å². The standard InChI is InChI=1S/C32H30O7/c33-30-19-27-26(15-16-32(36-17-18-37-32)21-35-25-9-5-2-6-10-25)28(20-29(27)38-30)39-31(34)24-13-11-23(12-14-24)22-7-3-1-4-8-22/h1-16,26-29H,17-21H2/b16-15+/t26-,27+,28-,29+/m0/s1. The number of carbonyl (C=O) groups is 2. The Kier molecular flexibility index (Phi) is 7.18. The molecule has 7 nitrogen and oxygen atoms in total. The smallest absolute Gasteiger partial charge is 0.338 e. The van der Waals surface area contributed by atoms with Gasteiger partial charge < -0.3 is 23.7 Å². The number of fused-ring (bicyclic) bond motifs is 1. The number of hydrogen-bond donors (Lipinski definition) is 0. The molecule has 3 aromatic rings. The maximum Gasteiger partial charge on any atom is 0.338 e. The Labute approximate surface area is 227 Å². The van der Waals surface area contributed by atoms with Crippen LogP contribution in [-0.2, 0) is 23.7 Å². The fraction of sp³-hybridized carbons (Fsp3) is 0.312. The molecule has 3 aromatic carbocycles. The SMILES string of the molecule is O=C1C[C@@H]2[C@H](/C=C/C3(COc4ccccc4)OCCO3)[C@@H](OC(=O)c3ccc(-c4ccccc4)cc3)C[C@H]2O1. The average molecular weight is 527 g/mol. The van der Waals surface area contributed by atoms with Gasteiger partial charge in [-0.3, -0.25) is 4.79 Å². The maximum atomic E-state index is 13.1. The van der Waals surface area contributed by atoms with Gasteiger partial charge in [-0.1, -0.05) is 66.7 Å². The van der Waals surface area contributed by atoms with E-state index in [-0.39, 0.29) is 36.9 Å². The van der Waals surface area contributed by atoms with Gasteiger partial charge in [-0.25, -0.2) is 4.79 Å². The molecule has 0 unspecified atom stereocenters. The lowest BCUT2D eigenvalue weighted by molar-refractivity contribution is -0.141. The van der Waals surface area contributed by atoms with Crippen LogP contribution in [0.3, 0.4) is 0 Å². The Hall–Kier alpha value is -3.94. The Morgan fingerprint density at radius 3 is 2.28 bits per heavy atom. The van der Waals surface area contributed by atoms with E-state index in [0.29, 0.717) is 30.9 Å². The zero-order valence-corrected chi connectivity index (χ0v) is 21.4. The van der Waals surface area contributed by atoms with Gasteiger partial charge in [0.2, 0.25) is 5.79 Å². The molecule has 4 atom stereocenters. The van der Waals surface area contributed by atoms with E-state index in [0.717, 1.165) is 11.1 Å². The van der Waals surface area contributed by atoms with E-state index in [2.05, 4.69) is 0 Å². The average Bonchev–Trinajstić information content (AvgIpc) is 3.67. The van der Waals surface area contributed by atoms with Crippen molar-refractivity contribution in [1.29, 1.82) is 0 Å². The molecule has 3 fully saturated rings. The lowest BCUT2D eigenvalue weighted by Gasteiger charge is -2.26. The van der Waals surface area contributed by atoms with Gasteiger partial charge in [0, 0.05) is 18.3 Å². The molecule has 0 amide bonds. The first-order valence-corrected chi connectivity index (χ1v) is 13.3. The minimum Gasteiger partial charge on any atom is -0.488 e. The highest BCUT2D eigenvalue weighted by atomic mass is 16.8. The van der Waals surface area contributed by atoms with E-state index < -0.39 is 17.9 Å². The summed E-state index contributed by atoms with van der Waals surface area (Å²) in [4.78, 5) is 25.2. The van der Waals surface area contributed by atoms with E-state index in [9.17, 15) is 9.59 Å². The van der Waals surface area contributed by atoms with Gasteiger partial charge in [0.1, 0.15) is 24.6 Å². The van der Waals surface area contributed by atoms with Crippen molar-refractivity contribution in [2.75, 3.05) is 19.8 Å². The number of ether oxygens (including phenoxy) is 5. The van der Waals surface area contributed by atoms with Crippen molar-refractivity contribution in [3.63, 3.8) is 0 Å². The molecule has 39 heavy (non-hydrogen) atoms. The maximum absolute atomic E-state index is 13.1. The van der Waals surface area contributed by atoms with Crippen molar-refractivity contribution in [2.24, 2.45) is 11.8 Å². The molecule has 0 spiro atoms. The van der Waals surface area contributed by atoms with Crippen molar-refractivity contribution in [3.05, 3.63) is 103 Å². The topological polar surface area (TPSA) is 80.3 Å². The summed E-state index contributed by atoms with van der Waals surface area (Å²) in [5, 5.41) is 0. The summed E-state index contributed by atoms with van der Waals surface area (Å²) < 4.78 is 29.4. The summed E-state index contributed by atoms with van der Waals surface area (Å²) in [5.74, 6) is -1.28. The molecule has 1 saturated carbocycles. The van der Waals surface area contributed by atoms with E-state index in [1.165, 1.54) is 0 Å². The molecule has 1 aliphatic carbocycles. The normalized spacial score (nSPS) is 25.4. The third-order valence-corrected chi connectivity index (χ3v) is 7.57. The Morgan fingerprint density at radius 1 is 0.897 bits per heavy atom. The monoisotopic (exact) mass is 526 g/mol. The second kappa shape index (κ2) is 11.0. The predicted molar refractivity (Wildman–Crippen MR) is 143 cm³/mol. The number of rotatable bonds is 8.